The van der Waals surface area contributed by atoms with Gasteiger partial charge in [0.15, 0.2) is 17.5 Å². The number of carbonyl (C=O) groups excluding carboxylic acids is 3. The summed E-state index contributed by atoms with van der Waals surface area (Å²) in [5.41, 5.74) is -1.47. The summed E-state index contributed by atoms with van der Waals surface area (Å²) < 4.78 is 67.5. The van der Waals surface area contributed by atoms with Crippen LogP contribution in [0.25, 0.3) is 0 Å². The van der Waals surface area contributed by atoms with Crippen LogP contribution in [0.4, 0.5) is 27.6 Å². The second-order valence-electron chi connectivity index (χ2n) is 8.88. The zero-order valence-electron chi connectivity index (χ0n) is 18.6. The quantitative estimate of drug-likeness (QED) is 0.338. The molecule has 2 fully saturated rings. The van der Waals surface area contributed by atoms with Gasteiger partial charge in [0.1, 0.15) is 5.69 Å². The van der Waals surface area contributed by atoms with Crippen LogP contribution in [0.2, 0.25) is 0 Å². The van der Waals surface area contributed by atoms with E-state index in [4.69, 9.17) is 0 Å². The van der Waals surface area contributed by atoms with Gasteiger partial charge in [0.25, 0.3) is 5.92 Å². The van der Waals surface area contributed by atoms with Gasteiger partial charge in [0.2, 0.25) is 5.91 Å². The van der Waals surface area contributed by atoms with Crippen LogP contribution in [-0.4, -0.2) is 56.5 Å². The fraction of sp³-hybridized carbons (Fsp3) is 0.476. The highest BCUT2D eigenvalue weighted by Gasteiger charge is 2.61. The third kappa shape index (κ3) is 4.44. The number of hydrogen-bond acceptors (Lipinski definition) is 5. The van der Waals surface area contributed by atoms with Crippen molar-refractivity contribution in [2.45, 2.75) is 50.6 Å². The number of aromatic amines is 1. The first-order valence-electron chi connectivity index (χ1n) is 10.7. The molecule has 9 nitrogen and oxygen atoms in total. The van der Waals surface area contributed by atoms with Crippen LogP contribution in [0.3, 0.4) is 0 Å². The van der Waals surface area contributed by atoms with E-state index in [1.165, 1.54) is 13.8 Å². The van der Waals surface area contributed by atoms with Crippen molar-refractivity contribution in [1.82, 2.24) is 25.6 Å². The van der Waals surface area contributed by atoms with Crippen LogP contribution in [0.15, 0.2) is 12.1 Å². The normalized spacial score (nSPS) is 22.4. The largest absolute Gasteiger partial charge is 0.336 e. The van der Waals surface area contributed by atoms with E-state index in [1.807, 2.05) is 0 Å². The van der Waals surface area contributed by atoms with Gasteiger partial charge >= 0.3 is 11.8 Å². The van der Waals surface area contributed by atoms with Crippen molar-refractivity contribution in [3.05, 3.63) is 41.0 Å². The van der Waals surface area contributed by atoms with Gasteiger partial charge in [-0.25, -0.2) is 22.0 Å². The number of rotatable bonds is 4. The van der Waals surface area contributed by atoms with E-state index in [0.717, 1.165) is 4.90 Å². The summed E-state index contributed by atoms with van der Waals surface area (Å²) >= 11 is 0. The Balaban J connectivity index is 1.43. The van der Waals surface area contributed by atoms with Crippen molar-refractivity contribution < 1.29 is 36.3 Å². The molecule has 0 spiro atoms. The average molecular weight is 500 g/mol. The molecule has 1 saturated carbocycles. The minimum atomic E-state index is -3.05. The molecule has 3 N–H and O–H groups in total. The molecule has 2 atom stereocenters. The van der Waals surface area contributed by atoms with Gasteiger partial charge in [-0.2, -0.15) is 15.4 Å². The van der Waals surface area contributed by atoms with Crippen LogP contribution < -0.4 is 10.6 Å². The molecule has 3 amide bonds. The third-order valence-corrected chi connectivity index (χ3v) is 6.45. The fourth-order valence-corrected chi connectivity index (χ4v) is 4.72. The number of H-pyrrole nitrogens is 1. The lowest BCUT2D eigenvalue weighted by Gasteiger charge is -2.46. The summed E-state index contributed by atoms with van der Waals surface area (Å²) in [6.45, 7) is 3.03. The van der Waals surface area contributed by atoms with Crippen molar-refractivity contribution in [2.75, 3.05) is 11.9 Å². The number of halogens is 5. The lowest BCUT2D eigenvalue weighted by atomic mass is 9.70. The first-order valence-corrected chi connectivity index (χ1v) is 10.7. The number of likely N-dealkylation sites (tertiary alicyclic amines) is 1. The monoisotopic (exact) mass is 500 g/mol. The van der Waals surface area contributed by atoms with Crippen LogP contribution in [0.1, 0.15) is 37.6 Å². The molecule has 1 aliphatic carbocycles. The van der Waals surface area contributed by atoms with Crippen LogP contribution in [0, 0.1) is 30.3 Å². The number of nitrogens with one attached hydrogen (secondary N) is 3. The maximum Gasteiger partial charge on any atom is 0.312 e. The molecule has 1 saturated heterocycles. The summed E-state index contributed by atoms with van der Waals surface area (Å²) in [5, 5.41) is 14.6. The number of hydrogen-bond donors (Lipinski definition) is 3. The van der Waals surface area contributed by atoms with Gasteiger partial charge in [-0.15, -0.1) is 0 Å². The number of anilines is 1. The molecule has 1 aromatic carbocycles. The number of aryl methyl sites for hydroxylation is 1. The SMILES string of the molecule is Cc1n[nH]nc1C1(NC(=O)C(=O)N2CC[C@H](C(=O)Nc3cc(F)c(F)c(F)c3)[C@@H]2C)CC(F)(F)C1. The lowest BCUT2D eigenvalue weighted by molar-refractivity contribution is -0.160. The van der Waals surface area contributed by atoms with E-state index in [-0.39, 0.29) is 24.3 Å². The summed E-state index contributed by atoms with van der Waals surface area (Å²) in [5.74, 6) is -11.4. The molecule has 2 aromatic rings. The maximum atomic E-state index is 13.7. The molecule has 4 rings (SSSR count). The number of benzene rings is 1. The second kappa shape index (κ2) is 8.57. The third-order valence-electron chi connectivity index (χ3n) is 6.45. The van der Waals surface area contributed by atoms with E-state index < -0.39 is 71.4 Å². The van der Waals surface area contributed by atoms with Crippen LogP contribution in [-0.2, 0) is 19.9 Å². The van der Waals surface area contributed by atoms with Crippen molar-refractivity contribution in [2.24, 2.45) is 5.92 Å². The Hall–Kier alpha value is -3.58. The summed E-state index contributed by atoms with van der Waals surface area (Å²) in [6, 6.07) is 0.439. The minimum absolute atomic E-state index is 0.00376. The zero-order chi connectivity index (χ0) is 25.7. The van der Waals surface area contributed by atoms with Gasteiger partial charge in [-0.05, 0) is 20.3 Å². The Morgan fingerprint density at radius 2 is 1.74 bits per heavy atom. The van der Waals surface area contributed by atoms with Crippen molar-refractivity contribution in [1.29, 1.82) is 0 Å². The predicted molar refractivity (Wildman–Crippen MR) is 109 cm³/mol. The topological polar surface area (TPSA) is 120 Å². The lowest BCUT2D eigenvalue weighted by Crippen LogP contribution is -2.62. The van der Waals surface area contributed by atoms with Crippen molar-refractivity contribution in [3.8, 4) is 0 Å². The standard InChI is InChI=1S/C21H21F5N6O3/c1-9-16(30-31-29-9)20(7-21(25,26)8-20)28-18(34)19(35)32-4-3-12(10(32)2)17(33)27-11-5-13(22)15(24)14(23)6-11/h5-6,10,12H,3-4,7-8H2,1-2H3,(H,27,33)(H,28,34)(H,29,30,31)/t10-,12-/m0/s1. The molecule has 2 aliphatic rings. The molecule has 0 radical (unpaired) electrons. The van der Waals surface area contributed by atoms with E-state index >= 15 is 0 Å². The molecule has 2 heterocycles. The fourth-order valence-electron chi connectivity index (χ4n) is 4.72. The van der Waals surface area contributed by atoms with Crippen LogP contribution >= 0.6 is 0 Å². The van der Waals surface area contributed by atoms with Gasteiger partial charge in [-0.1, -0.05) is 0 Å². The highest BCUT2D eigenvalue weighted by Crippen LogP contribution is 2.51. The highest BCUT2D eigenvalue weighted by atomic mass is 19.3. The predicted octanol–water partition coefficient (Wildman–Crippen LogP) is 2.15. The Kier molecular flexibility index (Phi) is 6.01. The maximum absolute atomic E-state index is 13.7. The molecule has 1 aromatic heterocycles. The van der Waals surface area contributed by atoms with Crippen molar-refractivity contribution >= 4 is 23.4 Å². The van der Waals surface area contributed by atoms with Gasteiger partial charge in [0.05, 0.1) is 17.2 Å². The van der Waals surface area contributed by atoms with E-state index in [1.54, 1.807) is 0 Å². The molecule has 0 bridgehead atoms. The number of alkyl halides is 2. The number of carbonyl (C=O) groups is 3. The summed E-state index contributed by atoms with van der Waals surface area (Å²) in [4.78, 5) is 39.3. The van der Waals surface area contributed by atoms with Crippen LogP contribution in [0.5, 0.6) is 0 Å². The van der Waals surface area contributed by atoms with E-state index in [2.05, 4.69) is 26.0 Å². The highest BCUT2D eigenvalue weighted by molar-refractivity contribution is 6.35. The molecule has 188 valence electrons. The Labute approximate surface area is 195 Å². The molecule has 35 heavy (non-hydrogen) atoms. The van der Waals surface area contributed by atoms with Gasteiger partial charge in [0, 0.05) is 43.2 Å². The molecular formula is C21H21F5N6O3. The smallest absolute Gasteiger partial charge is 0.312 e. The van der Waals surface area contributed by atoms with E-state index in [9.17, 15) is 36.3 Å². The van der Waals surface area contributed by atoms with Gasteiger partial charge in [-0.3, -0.25) is 14.4 Å². The number of nitrogens with zero attached hydrogens (tertiary/aromatic N) is 3. The zero-order valence-corrected chi connectivity index (χ0v) is 18.6. The first-order chi connectivity index (χ1) is 16.3. The second-order valence-corrected chi connectivity index (χ2v) is 8.88. The minimum Gasteiger partial charge on any atom is -0.336 e. The number of aromatic nitrogens is 3. The summed E-state index contributed by atoms with van der Waals surface area (Å²) in [6.07, 6.45) is -1.38. The first kappa shape index (κ1) is 24.5. The van der Waals surface area contributed by atoms with Crippen molar-refractivity contribution in [3.63, 3.8) is 0 Å². The summed E-state index contributed by atoms with van der Waals surface area (Å²) in [7, 11) is 0. The molecule has 14 heteroatoms. The average Bonchev–Trinajstić information content (AvgIpc) is 3.35. The Bertz CT molecular complexity index is 1170. The molecular weight excluding hydrogens is 479 g/mol. The molecule has 0 unspecified atom stereocenters. The van der Waals surface area contributed by atoms with Gasteiger partial charge < -0.3 is 15.5 Å². The Morgan fingerprint density at radius 1 is 1.11 bits per heavy atom. The molecule has 1 aliphatic heterocycles. The Morgan fingerprint density at radius 3 is 2.29 bits per heavy atom. The number of amides is 3. The van der Waals surface area contributed by atoms with E-state index in [0.29, 0.717) is 17.8 Å².